The molecule has 166 valence electrons. The quantitative estimate of drug-likeness (QED) is 0.262. The third-order valence-corrected chi connectivity index (χ3v) is 5.38. The van der Waals surface area contributed by atoms with E-state index in [0.29, 0.717) is 35.2 Å². The predicted molar refractivity (Wildman–Crippen MR) is 124 cm³/mol. The minimum atomic E-state index is -0.878. The number of carbonyl (C=O) groups excluding carboxylic acids is 1. The monoisotopic (exact) mass is 444 g/mol. The molecule has 2 rings (SSSR count). The highest BCUT2D eigenvalue weighted by Crippen LogP contribution is 2.29. The van der Waals surface area contributed by atoms with Gasteiger partial charge in [0.15, 0.2) is 17.3 Å². The summed E-state index contributed by atoms with van der Waals surface area (Å²) in [5, 5.41) is 8.82. The number of methoxy groups -OCH3 is 2. The molecule has 6 nitrogen and oxygen atoms in total. The summed E-state index contributed by atoms with van der Waals surface area (Å²) in [6.45, 7) is 2.73. The number of benzene rings is 2. The highest BCUT2D eigenvalue weighted by molar-refractivity contribution is 7.99. The highest BCUT2D eigenvalue weighted by atomic mass is 32.2. The molecule has 0 aromatic heterocycles. The number of carboxylic acid groups (broad SMARTS) is 1. The molecule has 1 N–H and O–H groups in total. The van der Waals surface area contributed by atoms with E-state index in [1.54, 1.807) is 38.5 Å². The fourth-order valence-electron chi connectivity index (χ4n) is 2.79. The molecule has 0 radical (unpaired) electrons. The molecule has 0 saturated heterocycles. The molecule has 0 saturated carbocycles. The Morgan fingerprint density at radius 2 is 1.77 bits per heavy atom. The van der Waals surface area contributed by atoms with Crippen molar-refractivity contribution in [1.29, 1.82) is 0 Å². The molecule has 31 heavy (non-hydrogen) atoms. The molecule has 0 fully saturated rings. The normalized spacial score (nSPS) is 10.8. The largest absolute Gasteiger partial charge is 0.496 e. The summed E-state index contributed by atoms with van der Waals surface area (Å²) in [6, 6.07) is 10.7. The van der Waals surface area contributed by atoms with Gasteiger partial charge in [-0.15, -0.1) is 11.8 Å². The molecule has 0 aliphatic rings. The summed E-state index contributed by atoms with van der Waals surface area (Å²) in [5.41, 5.74) is 2.11. The maximum absolute atomic E-state index is 12.7. The van der Waals surface area contributed by atoms with E-state index in [0.717, 1.165) is 24.0 Å². The zero-order valence-electron chi connectivity index (χ0n) is 18.1. The Kier molecular flexibility index (Phi) is 9.97. The fourth-order valence-corrected chi connectivity index (χ4v) is 3.52. The molecular formula is C24H28O6S. The lowest BCUT2D eigenvalue weighted by atomic mass is 10.1. The third-order valence-electron chi connectivity index (χ3n) is 4.42. The van der Waals surface area contributed by atoms with Crippen LogP contribution in [0.1, 0.15) is 41.3 Å². The lowest BCUT2D eigenvalue weighted by Gasteiger charge is -2.11. The van der Waals surface area contributed by atoms with E-state index in [9.17, 15) is 9.59 Å². The van der Waals surface area contributed by atoms with E-state index in [4.69, 9.17) is 19.3 Å². The van der Waals surface area contributed by atoms with Gasteiger partial charge in [0.1, 0.15) is 5.75 Å². The lowest BCUT2D eigenvalue weighted by molar-refractivity contribution is -0.133. The minimum absolute atomic E-state index is 0.0127. The van der Waals surface area contributed by atoms with Crippen LogP contribution in [0.25, 0.3) is 6.08 Å². The zero-order valence-corrected chi connectivity index (χ0v) is 18.9. The van der Waals surface area contributed by atoms with Crippen molar-refractivity contribution in [2.45, 2.75) is 25.5 Å². The van der Waals surface area contributed by atoms with Gasteiger partial charge in [0.05, 0.1) is 26.6 Å². The number of allylic oxidation sites excluding steroid dienone is 1. The van der Waals surface area contributed by atoms with Gasteiger partial charge in [-0.1, -0.05) is 25.5 Å². The van der Waals surface area contributed by atoms with Gasteiger partial charge in [-0.3, -0.25) is 9.59 Å². The molecule has 7 heteroatoms. The first-order valence-electron chi connectivity index (χ1n) is 9.98. The van der Waals surface area contributed by atoms with Crippen LogP contribution in [0.15, 0.2) is 42.5 Å². The van der Waals surface area contributed by atoms with Crippen LogP contribution >= 0.6 is 11.8 Å². The van der Waals surface area contributed by atoms with Crippen molar-refractivity contribution in [3.63, 3.8) is 0 Å². The van der Waals surface area contributed by atoms with Gasteiger partial charge in [0, 0.05) is 16.9 Å². The number of hydrogen-bond donors (Lipinski definition) is 1. The van der Waals surface area contributed by atoms with Gasteiger partial charge in [-0.2, -0.15) is 0 Å². The average molecular weight is 445 g/mol. The van der Waals surface area contributed by atoms with Crippen LogP contribution in [-0.4, -0.2) is 43.4 Å². The number of ether oxygens (including phenoxy) is 3. The molecule has 0 heterocycles. The van der Waals surface area contributed by atoms with E-state index >= 15 is 0 Å². The van der Waals surface area contributed by atoms with Gasteiger partial charge in [-0.25, -0.2) is 0 Å². The van der Waals surface area contributed by atoms with Crippen LogP contribution < -0.4 is 14.2 Å². The number of aliphatic carboxylic acids is 1. The number of carboxylic acids is 1. The lowest BCUT2D eigenvalue weighted by Crippen LogP contribution is -2.01. The molecule has 0 aliphatic heterocycles. The van der Waals surface area contributed by atoms with Crippen LogP contribution in [0.2, 0.25) is 0 Å². The summed E-state index contributed by atoms with van der Waals surface area (Å²) >= 11 is 1.25. The summed E-state index contributed by atoms with van der Waals surface area (Å²) in [4.78, 5) is 23.4. The van der Waals surface area contributed by atoms with E-state index in [2.05, 4.69) is 6.92 Å². The van der Waals surface area contributed by atoms with E-state index < -0.39 is 5.97 Å². The second-order valence-corrected chi connectivity index (χ2v) is 7.71. The zero-order chi connectivity index (χ0) is 22.6. The number of rotatable bonds is 13. The van der Waals surface area contributed by atoms with Crippen molar-refractivity contribution >= 4 is 29.6 Å². The Labute approximate surface area is 187 Å². The molecule has 0 atom stereocenters. The first-order valence-corrected chi connectivity index (χ1v) is 11.1. The van der Waals surface area contributed by atoms with Crippen LogP contribution in [-0.2, 0) is 10.5 Å². The van der Waals surface area contributed by atoms with Crippen molar-refractivity contribution in [3.8, 4) is 17.2 Å². The fraction of sp³-hybridized carbons (Fsp3) is 0.333. The van der Waals surface area contributed by atoms with Gasteiger partial charge < -0.3 is 19.3 Å². The van der Waals surface area contributed by atoms with Crippen molar-refractivity contribution in [2.24, 2.45) is 0 Å². The Morgan fingerprint density at radius 3 is 2.45 bits per heavy atom. The SMILES string of the molecule is CCCCOc1ccc(/C=C/C(=O)c2ccc(OC)c(CSCC(=O)O)c2)cc1OC. The summed E-state index contributed by atoms with van der Waals surface area (Å²) in [6.07, 6.45) is 5.25. The maximum atomic E-state index is 12.7. The van der Waals surface area contributed by atoms with Crippen LogP contribution in [0, 0.1) is 0 Å². The summed E-state index contributed by atoms with van der Waals surface area (Å²) < 4.78 is 16.5. The van der Waals surface area contributed by atoms with Crippen molar-refractivity contribution in [2.75, 3.05) is 26.6 Å². The number of carbonyl (C=O) groups is 2. The summed E-state index contributed by atoms with van der Waals surface area (Å²) in [5.74, 6) is 1.32. The van der Waals surface area contributed by atoms with E-state index in [1.807, 2.05) is 18.2 Å². The maximum Gasteiger partial charge on any atom is 0.313 e. The van der Waals surface area contributed by atoms with Crippen molar-refractivity contribution in [3.05, 3.63) is 59.2 Å². The standard InChI is InChI=1S/C24H28O6S/c1-4-5-12-30-22-10-7-17(13-23(22)29-3)6-9-20(25)18-8-11-21(28-2)19(14-18)15-31-16-24(26)27/h6-11,13-14H,4-5,12,15-16H2,1-3H3,(H,26,27)/b9-6+. The third kappa shape index (κ3) is 7.68. The second kappa shape index (κ2) is 12.7. The molecule has 0 spiro atoms. The molecule has 0 bridgehead atoms. The molecule has 0 aliphatic carbocycles. The van der Waals surface area contributed by atoms with Crippen molar-refractivity contribution < 1.29 is 28.9 Å². The first kappa shape index (κ1) is 24.3. The van der Waals surface area contributed by atoms with Crippen molar-refractivity contribution in [1.82, 2.24) is 0 Å². The van der Waals surface area contributed by atoms with Crippen LogP contribution in [0.4, 0.5) is 0 Å². The van der Waals surface area contributed by atoms with Gasteiger partial charge in [0.2, 0.25) is 0 Å². The summed E-state index contributed by atoms with van der Waals surface area (Å²) in [7, 11) is 3.13. The van der Waals surface area contributed by atoms with Gasteiger partial charge >= 0.3 is 5.97 Å². The molecule has 2 aromatic carbocycles. The molecule has 0 unspecified atom stereocenters. The predicted octanol–water partition coefficient (Wildman–Crippen LogP) is 5.10. The Balaban J connectivity index is 2.12. The molecular weight excluding hydrogens is 416 g/mol. The first-order chi connectivity index (χ1) is 15.0. The van der Waals surface area contributed by atoms with Crippen LogP contribution in [0.5, 0.6) is 17.2 Å². The number of hydrogen-bond acceptors (Lipinski definition) is 6. The Bertz CT molecular complexity index is 922. The van der Waals surface area contributed by atoms with Crippen LogP contribution in [0.3, 0.4) is 0 Å². The van der Waals surface area contributed by atoms with E-state index in [-0.39, 0.29) is 11.5 Å². The molecule has 0 amide bonds. The number of unbranched alkanes of at least 4 members (excludes halogenated alkanes) is 1. The molecule has 2 aromatic rings. The second-order valence-electron chi connectivity index (χ2n) is 6.72. The average Bonchev–Trinajstić information content (AvgIpc) is 2.77. The Hall–Kier alpha value is -2.93. The topological polar surface area (TPSA) is 82.1 Å². The number of ketones is 1. The van der Waals surface area contributed by atoms with E-state index in [1.165, 1.54) is 17.8 Å². The Morgan fingerprint density at radius 1 is 1.03 bits per heavy atom. The minimum Gasteiger partial charge on any atom is -0.496 e. The van der Waals surface area contributed by atoms with Gasteiger partial charge in [0.25, 0.3) is 0 Å². The highest BCUT2D eigenvalue weighted by Gasteiger charge is 2.10. The number of thioether (sulfide) groups is 1. The smallest absolute Gasteiger partial charge is 0.313 e. The van der Waals surface area contributed by atoms with Gasteiger partial charge in [-0.05, 0) is 48.4 Å².